The van der Waals surface area contributed by atoms with Crippen molar-refractivity contribution in [1.82, 2.24) is 5.32 Å². The molecule has 1 aliphatic heterocycles. The minimum atomic E-state index is -3.26. The molecule has 0 bridgehead atoms. The molecule has 8 nitrogen and oxygen atoms in total. The van der Waals surface area contributed by atoms with Gasteiger partial charge in [0.05, 0.1) is 11.8 Å². The van der Waals surface area contributed by atoms with E-state index in [4.69, 9.17) is 5.11 Å². The Balaban J connectivity index is 1.99. The van der Waals surface area contributed by atoms with Crippen LogP contribution in [-0.2, 0) is 9.84 Å². The third-order valence-electron chi connectivity index (χ3n) is 2.73. The van der Waals surface area contributed by atoms with Crippen molar-refractivity contribution in [1.29, 1.82) is 0 Å². The molecule has 0 fully saturated rings. The van der Waals surface area contributed by atoms with Gasteiger partial charge in [0.15, 0.2) is 9.84 Å². The molecule has 0 aromatic heterocycles. The molecule has 1 aromatic carbocycles. The predicted molar refractivity (Wildman–Crippen MR) is 73.9 cm³/mol. The van der Waals surface area contributed by atoms with Gasteiger partial charge in [-0.25, -0.2) is 18.0 Å². The van der Waals surface area contributed by atoms with Crippen molar-refractivity contribution in [3.8, 4) is 5.75 Å². The molecule has 1 atom stereocenters. The summed E-state index contributed by atoms with van der Waals surface area (Å²) in [5.74, 6) is -1.97. The number of urea groups is 1. The molecule has 4 N–H and O–H groups in total. The van der Waals surface area contributed by atoms with Crippen LogP contribution in [0.25, 0.3) is 0 Å². The zero-order chi connectivity index (χ0) is 15.6. The smallest absolute Gasteiger partial charge is 0.339 e. The van der Waals surface area contributed by atoms with Gasteiger partial charge in [-0.05, 0) is 18.2 Å². The summed E-state index contributed by atoms with van der Waals surface area (Å²) in [6, 6.07) is 2.26. The maximum Gasteiger partial charge on any atom is 0.339 e. The van der Waals surface area contributed by atoms with Crippen molar-refractivity contribution in [3.05, 3.63) is 35.2 Å². The Hall–Kier alpha value is -2.55. The lowest BCUT2D eigenvalue weighted by Gasteiger charge is -2.12. The fourth-order valence-corrected chi connectivity index (χ4v) is 3.03. The topological polar surface area (TPSA) is 133 Å². The van der Waals surface area contributed by atoms with Gasteiger partial charge in [-0.3, -0.25) is 0 Å². The SMILES string of the molecule is O=C(Nc1ccc(C(=O)O)c(O)c1)NC1C=CS(=O)(=O)C1. The monoisotopic (exact) mass is 312 g/mol. The lowest BCUT2D eigenvalue weighted by molar-refractivity contribution is 0.0693. The Labute approximate surface area is 120 Å². The number of nitrogens with one attached hydrogen (secondary N) is 2. The van der Waals surface area contributed by atoms with Crippen LogP contribution < -0.4 is 10.6 Å². The van der Waals surface area contributed by atoms with E-state index < -0.39 is 33.6 Å². The molecule has 0 radical (unpaired) electrons. The second-order valence-electron chi connectivity index (χ2n) is 4.40. The lowest BCUT2D eigenvalue weighted by atomic mass is 10.2. The summed E-state index contributed by atoms with van der Waals surface area (Å²) in [5.41, 5.74) is -0.106. The molecule has 9 heteroatoms. The average Bonchev–Trinajstić information content (AvgIpc) is 2.67. The van der Waals surface area contributed by atoms with E-state index >= 15 is 0 Å². The Kier molecular flexibility index (Phi) is 3.85. The van der Waals surface area contributed by atoms with Gasteiger partial charge in [0, 0.05) is 17.2 Å². The number of carboxylic acid groups (broad SMARTS) is 1. The lowest BCUT2D eigenvalue weighted by Crippen LogP contribution is -2.38. The first-order valence-corrected chi connectivity index (χ1v) is 7.53. The van der Waals surface area contributed by atoms with E-state index in [0.29, 0.717) is 0 Å². The van der Waals surface area contributed by atoms with Crippen LogP contribution in [0.15, 0.2) is 29.7 Å². The van der Waals surface area contributed by atoms with Crippen LogP contribution in [0.3, 0.4) is 0 Å². The number of sulfone groups is 1. The van der Waals surface area contributed by atoms with Crippen molar-refractivity contribution in [2.45, 2.75) is 6.04 Å². The van der Waals surface area contributed by atoms with E-state index in [2.05, 4.69) is 10.6 Å². The number of benzene rings is 1. The number of aromatic carboxylic acids is 1. The first-order valence-electron chi connectivity index (χ1n) is 5.81. The molecule has 1 aromatic rings. The van der Waals surface area contributed by atoms with Gasteiger partial charge in [-0.2, -0.15) is 0 Å². The van der Waals surface area contributed by atoms with Gasteiger partial charge >= 0.3 is 12.0 Å². The molecule has 21 heavy (non-hydrogen) atoms. The summed E-state index contributed by atoms with van der Waals surface area (Å²) in [6.45, 7) is 0. The normalized spacial score (nSPS) is 19.1. The minimum Gasteiger partial charge on any atom is -0.507 e. The Morgan fingerprint density at radius 2 is 2.00 bits per heavy atom. The molecule has 2 rings (SSSR count). The number of carbonyl (C=O) groups is 2. The van der Waals surface area contributed by atoms with E-state index in [0.717, 1.165) is 17.5 Å². The highest BCUT2D eigenvalue weighted by Gasteiger charge is 2.23. The number of hydrogen-bond acceptors (Lipinski definition) is 5. The molecular formula is C12H12N2O6S. The standard InChI is InChI=1S/C12H12N2O6S/c15-10-5-7(1-2-9(10)11(16)17)13-12(18)14-8-3-4-21(19,20)6-8/h1-5,8,15H,6H2,(H,16,17)(H2,13,14,18). The average molecular weight is 312 g/mol. The van der Waals surface area contributed by atoms with Crippen LogP contribution in [0.2, 0.25) is 0 Å². The third kappa shape index (κ3) is 3.72. The highest BCUT2D eigenvalue weighted by molar-refractivity contribution is 7.94. The van der Waals surface area contributed by atoms with Gasteiger partial charge in [-0.15, -0.1) is 0 Å². The Morgan fingerprint density at radius 3 is 2.52 bits per heavy atom. The number of phenols is 1. The number of rotatable bonds is 3. The van der Waals surface area contributed by atoms with Gasteiger partial charge < -0.3 is 20.8 Å². The first kappa shape index (κ1) is 14.9. The second kappa shape index (κ2) is 5.44. The maximum atomic E-state index is 11.7. The summed E-state index contributed by atoms with van der Waals surface area (Å²) in [5, 5.41) is 24.1. The molecule has 0 spiro atoms. The molecule has 1 unspecified atom stereocenters. The predicted octanol–water partition coefficient (Wildman–Crippen LogP) is 0.523. The van der Waals surface area contributed by atoms with Gasteiger partial charge in [-0.1, -0.05) is 0 Å². The van der Waals surface area contributed by atoms with E-state index in [1.807, 2.05) is 0 Å². The molecular weight excluding hydrogens is 300 g/mol. The van der Waals surface area contributed by atoms with Crippen molar-refractivity contribution < 1.29 is 28.2 Å². The van der Waals surface area contributed by atoms with Crippen LogP contribution in [0.4, 0.5) is 10.5 Å². The molecule has 1 heterocycles. The summed E-state index contributed by atoms with van der Waals surface area (Å²) in [7, 11) is -3.26. The molecule has 0 aliphatic carbocycles. The summed E-state index contributed by atoms with van der Waals surface area (Å²) < 4.78 is 22.4. The third-order valence-corrected chi connectivity index (χ3v) is 4.13. The molecule has 1 aliphatic rings. The first-order chi connectivity index (χ1) is 9.77. The molecule has 2 amide bonds. The van der Waals surface area contributed by atoms with E-state index in [-0.39, 0.29) is 17.0 Å². The van der Waals surface area contributed by atoms with Crippen molar-refractivity contribution in [2.75, 3.05) is 11.1 Å². The van der Waals surface area contributed by atoms with Crippen molar-refractivity contribution in [3.63, 3.8) is 0 Å². The fraction of sp³-hybridized carbons (Fsp3) is 0.167. The molecule has 0 saturated heterocycles. The number of aromatic hydroxyl groups is 1. The number of amides is 2. The Morgan fingerprint density at radius 1 is 1.29 bits per heavy atom. The zero-order valence-corrected chi connectivity index (χ0v) is 11.4. The summed E-state index contributed by atoms with van der Waals surface area (Å²) >= 11 is 0. The fourth-order valence-electron chi connectivity index (χ4n) is 1.79. The van der Waals surface area contributed by atoms with Crippen LogP contribution >= 0.6 is 0 Å². The van der Waals surface area contributed by atoms with Crippen LogP contribution in [0.5, 0.6) is 5.75 Å². The van der Waals surface area contributed by atoms with Gasteiger partial charge in [0.2, 0.25) is 0 Å². The van der Waals surface area contributed by atoms with Gasteiger partial charge in [0.1, 0.15) is 11.3 Å². The maximum absolute atomic E-state index is 11.7. The quantitative estimate of drug-likeness (QED) is 0.643. The largest absolute Gasteiger partial charge is 0.507 e. The van der Waals surface area contributed by atoms with Gasteiger partial charge in [0.25, 0.3) is 0 Å². The van der Waals surface area contributed by atoms with Crippen LogP contribution in [0.1, 0.15) is 10.4 Å². The molecule has 0 saturated carbocycles. The number of carbonyl (C=O) groups excluding carboxylic acids is 1. The van der Waals surface area contributed by atoms with Crippen LogP contribution in [0, 0.1) is 0 Å². The van der Waals surface area contributed by atoms with E-state index in [1.165, 1.54) is 12.1 Å². The molecule has 112 valence electrons. The van der Waals surface area contributed by atoms with Crippen LogP contribution in [-0.4, -0.2) is 42.4 Å². The Bertz CT molecular complexity index is 725. The van der Waals surface area contributed by atoms with E-state index in [9.17, 15) is 23.1 Å². The summed E-state index contributed by atoms with van der Waals surface area (Å²) in [6.07, 6.45) is 1.36. The zero-order valence-electron chi connectivity index (χ0n) is 10.6. The van der Waals surface area contributed by atoms with Crippen molar-refractivity contribution in [2.24, 2.45) is 0 Å². The van der Waals surface area contributed by atoms with Crippen molar-refractivity contribution >= 4 is 27.5 Å². The van der Waals surface area contributed by atoms with E-state index in [1.54, 1.807) is 0 Å². The second-order valence-corrected chi connectivity index (χ2v) is 6.33. The number of hydrogen-bond donors (Lipinski definition) is 4. The summed E-state index contributed by atoms with van der Waals surface area (Å²) in [4.78, 5) is 22.4. The number of carboxylic acids is 1. The minimum absolute atomic E-state index is 0.180. The highest BCUT2D eigenvalue weighted by atomic mass is 32.2. The number of anilines is 1. The highest BCUT2D eigenvalue weighted by Crippen LogP contribution is 2.21.